The smallest absolute Gasteiger partial charge is 0.421 e. The van der Waals surface area contributed by atoms with Crippen molar-refractivity contribution in [2.45, 2.75) is 51.4 Å². The van der Waals surface area contributed by atoms with Gasteiger partial charge in [0.25, 0.3) is 0 Å². The van der Waals surface area contributed by atoms with Crippen molar-refractivity contribution in [3.63, 3.8) is 0 Å². The monoisotopic (exact) mass is 409 g/mol. The van der Waals surface area contributed by atoms with E-state index in [1.807, 2.05) is 0 Å². The molecule has 0 N–H and O–H groups in total. The number of hydrogen-bond donors (Lipinski definition) is 0. The number of nitrogens with zero attached hydrogens (tertiary/aromatic N) is 1. The molecular formula is C20H24ClNO6. The fraction of sp³-hybridized carbons (Fsp3) is 0.500. The lowest BCUT2D eigenvalue weighted by atomic mass is 9.89. The largest absolute Gasteiger partial charge is 0.469 e. The van der Waals surface area contributed by atoms with Gasteiger partial charge in [-0.05, 0) is 39.0 Å². The van der Waals surface area contributed by atoms with Crippen molar-refractivity contribution in [3.8, 4) is 5.88 Å². The molecule has 0 aliphatic carbocycles. The molecule has 0 fully saturated rings. The van der Waals surface area contributed by atoms with Crippen LogP contribution in [-0.4, -0.2) is 42.2 Å². The molecule has 0 amide bonds. The quantitative estimate of drug-likeness (QED) is 0.680. The third kappa shape index (κ3) is 3.56. The lowest BCUT2D eigenvalue weighted by Crippen LogP contribution is -2.42. The molecule has 0 unspecified atom stereocenters. The van der Waals surface area contributed by atoms with E-state index in [4.69, 9.17) is 30.5 Å². The van der Waals surface area contributed by atoms with E-state index >= 15 is 0 Å². The molecule has 2 atom stereocenters. The van der Waals surface area contributed by atoms with Gasteiger partial charge in [0.15, 0.2) is 0 Å². The zero-order chi connectivity index (χ0) is 20.9. The lowest BCUT2D eigenvalue weighted by molar-refractivity contribution is -0.177. The maximum atomic E-state index is 13.0. The second-order valence-electron chi connectivity index (χ2n) is 7.92. The van der Waals surface area contributed by atoms with Gasteiger partial charge in [0, 0.05) is 36.4 Å². The van der Waals surface area contributed by atoms with Gasteiger partial charge in [0.05, 0.1) is 18.5 Å². The van der Waals surface area contributed by atoms with Crippen LogP contribution in [0.5, 0.6) is 5.88 Å². The van der Waals surface area contributed by atoms with Gasteiger partial charge in [0.2, 0.25) is 11.7 Å². The topological polar surface area (TPSA) is 76.0 Å². The Hall–Kier alpha value is -2.25. The van der Waals surface area contributed by atoms with E-state index in [1.165, 1.54) is 18.8 Å². The van der Waals surface area contributed by atoms with Crippen LogP contribution < -0.4 is 4.74 Å². The molecule has 1 aromatic carbocycles. The zero-order valence-electron chi connectivity index (χ0n) is 16.8. The summed E-state index contributed by atoms with van der Waals surface area (Å²) < 4.78 is 23.5. The Kier molecular flexibility index (Phi) is 5.10. The lowest BCUT2D eigenvalue weighted by Gasteiger charge is -2.36. The van der Waals surface area contributed by atoms with Crippen molar-refractivity contribution < 1.29 is 28.5 Å². The SMILES string of the molecule is COC(=O)[C@@H]1C[C@](C)(OC)Oc2c1c1cc(Cl)ccc1n2C(=O)OC(C)(C)C. The van der Waals surface area contributed by atoms with Crippen LogP contribution in [0.1, 0.15) is 45.6 Å². The Morgan fingerprint density at radius 1 is 1.29 bits per heavy atom. The van der Waals surface area contributed by atoms with Crippen molar-refractivity contribution in [3.05, 3.63) is 28.8 Å². The number of esters is 1. The van der Waals surface area contributed by atoms with Gasteiger partial charge in [-0.25, -0.2) is 9.36 Å². The van der Waals surface area contributed by atoms with Gasteiger partial charge in [0.1, 0.15) is 5.60 Å². The molecule has 2 heterocycles. The second-order valence-corrected chi connectivity index (χ2v) is 8.35. The Morgan fingerprint density at radius 3 is 2.54 bits per heavy atom. The highest BCUT2D eigenvalue weighted by atomic mass is 35.5. The molecule has 1 aliphatic heterocycles. The second kappa shape index (κ2) is 6.97. The third-order valence-corrected chi connectivity index (χ3v) is 4.89. The summed E-state index contributed by atoms with van der Waals surface area (Å²) >= 11 is 6.19. The Bertz CT molecular complexity index is 944. The van der Waals surface area contributed by atoms with E-state index in [0.717, 1.165) is 0 Å². The fourth-order valence-electron chi connectivity index (χ4n) is 3.38. The highest BCUT2D eigenvalue weighted by molar-refractivity contribution is 6.31. The number of hydrogen-bond acceptors (Lipinski definition) is 6. The van der Waals surface area contributed by atoms with Crippen molar-refractivity contribution in [1.82, 2.24) is 4.57 Å². The van der Waals surface area contributed by atoms with Gasteiger partial charge in [-0.15, -0.1) is 0 Å². The van der Waals surface area contributed by atoms with Crippen molar-refractivity contribution >= 4 is 34.6 Å². The van der Waals surface area contributed by atoms with Crippen LogP contribution in [0.3, 0.4) is 0 Å². The number of fused-ring (bicyclic) bond motifs is 3. The number of ether oxygens (including phenoxy) is 4. The summed E-state index contributed by atoms with van der Waals surface area (Å²) in [5.74, 6) is -2.07. The van der Waals surface area contributed by atoms with Gasteiger partial charge in [-0.3, -0.25) is 4.79 Å². The molecule has 7 nitrogen and oxygen atoms in total. The first-order valence-electron chi connectivity index (χ1n) is 8.89. The molecule has 3 rings (SSSR count). The number of rotatable bonds is 2. The normalized spacial score (nSPS) is 21.8. The summed E-state index contributed by atoms with van der Waals surface area (Å²) in [6.07, 6.45) is -0.395. The number of benzene rings is 1. The van der Waals surface area contributed by atoms with E-state index in [-0.39, 0.29) is 12.3 Å². The molecular weight excluding hydrogens is 386 g/mol. The van der Waals surface area contributed by atoms with Crippen molar-refractivity contribution in [1.29, 1.82) is 0 Å². The zero-order valence-corrected chi connectivity index (χ0v) is 17.5. The van der Waals surface area contributed by atoms with E-state index in [0.29, 0.717) is 21.5 Å². The van der Waals surface area contributed by atoms with E-state index in [2.05, 4.69) is 0 Å². The number of aromatic nitrogens is 1. The summed E-state index contributed by atoms with van der Waals surface area (Å²) in [7, 11) is 2.80. The van der Waals surface area contributed by atoms with Crippen LogP contribution in [0, 0.1) is 0 Å². The molecule has 0 bridgehead atoms. The predicted octanol–water partition coefficient (Wildman–Crippen LogP) is 4.48. The molecule has 152 valence electrons. The number of carbonyl (C=O) groups excluding carboxylic acids is 2. The third-order valence-electron chi connectivity index (χ3n) is 4.65. The summed E-state index contributed by atoms with van der Waals surface area (Å²) in [6, 6.07) is 5.06. The molecule has 1 aromatic heterocycles. The molecule has 1 aliphatic rings. The molecule has 2 aromatic rings. The van der Waals surface area contributed by atoms with Crippen LogP contribution in [-0.2, 0) is 19.0 Å². The van der Waals surface area contributed by atoms with Crippen molar-refractivity contribution in [2.75, 3.05) is 14.2 Å². The van der Waals surface area contributed by atoms with Gasteiger partial charge in [-0.1, -0.05) is 11.6 Å². The van der Waals surface area contributed by atoms with Gasteiger partial charge >= 0.3 is 12.1 Å². The van der Waals surface area contributed by atoms with Crippen LogP contribution in [0.4, 0.5) is 4.79 Å². The van der Waals surface area contributed by atoms with Crippen LogP contribution in [0.25, 0.3) is 10.9 Å². The fourth-order valence-corrected chi connectivity index (χ4v) is 3.55. The number of methoxy groups -OCH3 is 2. The highest BCUT2D eigenvalue weighted by Crippen LogP contribution is 2.48. The van der Waals surface area contributed by atoms with Crippen LogP contribution in [0.15, 0.2) is 18.2 Å². The molecule has 0 spiro atoms. The number of halogens is 1. The number of carbonyl (C=O) groups is 2. The average molecular weight is 410 g/mol. The summed E-state index contributed by atoms with van der Waals surface area (Å²) in [4.78, 5) is 25.6. The van der Waals surface area contributed by atoms with Crippen LogP contribution >= 0.6 is 11.6 Å². The minimum absolute atomic E-state index is 0.192. The minimum atomic E-state index is -1.12. The Balaban J connectivity index is 2.32. The maximum Gasteiger partial charge on any atom is 0.421 e. The van der Waals surface area contributed by atoms with E-state index < -0.39 is 29.4 Å². The predicted molar refractivity (Wildman–Crippen MR) is 104 cm³/mol. The van der Waals surface area contributed by atoms with Crippen LogP contribution in [0.2, 0.25) is 5.02 Å². The minimum Gasteiger partial charge on any atom is -0.469 e. The molecule has 0 saturated heterocycles. The average Bonchev–Trinajstić information content (AvgIpc) is 2.91. The first-order valence-corrected chi connectivity index (χ1v) is 9.26. The summed E-state index contributed by atoms with van der Waals surface area (Å²) in [5.41, 5.74) is 0.344. The summed E-state index contributed by atoms with van der Waals surface area (Å²) in [6.45, 7) is 7.03. The van der Waals surface area contributed by atoms with Crippen molar-refractivity contribution in [2.24, 2.45) is 0 Å². The summed E-state index contributed by atoms with van der Waals surface area (Å²) in [5, 5.41) is 1.10. The maximum absolute atomic E-state index is 13.0. The highest BCUT2D eigenvalue weighted by Gasteiger charge is 2.46. The first kappa shape index (κ1) is 20.5. The molecule has 0 saturated carbocycles. The Morgan fingerprint density at radius 2 is 1.96 bits per heavy atom. The Labute approximate surface area is 168 Å². The van der Waals surface area contributed by atoms with E-state index in [1.54, 1.807) is 45.9 Å². The van der Waals surface area contributed by atoms with E-state index in [9.17, 15) is 9.59 Å². The van der Waals surface area contributed by atoms with Gasteiger partial charge in [-0.2, -0.15) is 0 Å². The van der Waals surface area contributed by atoms with Gasteiger partial charge < -0.3 is 18.9 Å². The first-order chi connectivity index (χ1) is 13.0. The molecule has 0 radical (unpaired) electrons. The standard InChI is InChI=1S/C20H24ClNO6/c1-19(2,3)28-18(24)22-14-8-7-11(21)9-12(14)15-13(17(23)25-5)10-20(4,26-6)27-16(15)22/h7-9,13H,10H2,1-6H3/t13-,20-/m1/s1. The molecule has 8 heteroatoms. The molecule has 28 heavy (non-hydrogen) atoms.